The fourth-order valence-electron chi connectivity index (χ4n) is 3.43. The van der Waals surface area contributed by atoms with Crippen LogP contribution in [0, 0.1) is 6.92 Å². The smallest absolute Gasteiger partial charge is 0.191 e. The summed E-state index contributed by atoms with van der Waals surface area (Å²) in [6.07, 6.45) is 5.28. The van der Waals surface area contributed by atoms with E-state index in [0.717, 1.165) is 36.8 Å². The summed E-state index contributed by atoms with van der Waals surface area (Å²) in [7, 11) is 3.50. The maximum atomic E-state index is 5.98. The summed E-state index contributed by atoms with van der Waals surface area (Å²) < 4.78 is 11.1. The minimum absolute atomic E-state index is 0. The van der Waals surface area contributed by atoms with Crippen molar-refractivity contribution in [2.45, 2.75) is 26.4 Å². The average Bonchev–Trinajstić information content (AvgIpc) is 3.33. The van der Waals surface area contributed by atoms with Gasteiger partial charge < -0.3 is 25.0 Å². The summed E-state index contributed by atoms with van der Waals surface area (Å²) in [6.45, 7) is 6.75. The molecule has 0 saturated carbocycles. The van der Waals surface area contributed by atoms with Crippen molar-refractivity contribution in [3.63, 3.8) is 0 Å². The van der Waals surface area contributed by atoms with E-state index in [1.54, 1.807) is 14.2 Å². The van der Waals surface area contributed by atoms with Crippen LogP contribution in [0.1, 0.15) is 23.1 Å². The molecule has 0 radical (unpaired) electrons. The number of nitrogens with zero attached hydrogens (tertiary/aromatic N) is 2. The van der Waals surface area contributed by atoms with Gasteiger partial charge in [0.15, 0.2) is 5.96 Å². The third-order valence-electron chi connectivity index (χ3n) is 5.22. The number of nitrogens with one attached hydrogen (secondary N) is 2. The predicted molar refractivity (Wildman–Crippen MR) is 143 cm³/mol. The molecule has 0 amide bonds. The SMILES string of the molecule is CN=C(NCc1ccc(N2CC=CC2)cc1)NCc1ccc(C)cc1OCCCOC.I. The van der Waals surface area contributed by atoms with E-state index in [4.69, 9.17) is 9.47 Å². The minimum atomic E-state index is 0. The third kappa shape index (κ3) is 8.02. The van der Waals surface area contributed by atoms with Gasteiger partial charge in [0.25, 0.3) is 0 Å². The lowest BCUT2D eigenvalue weighted by Crippen LogP contribution is -2.36. The van der Waals surface area contributed by atoms with Gasteiger partial charge in [0.1, 0.15) is 5.75 Å². The molecule has 1 aliphatic rings. The fourth-order valence-corrected chi connectivity index (χ4v) is 3.43. The molecule has 0 bridgehead atoms. The zero-order chi connectivity index (χ0) is 21.9. The number of aliphatic imine (C=N–C) groups is 1. The van der Waals surface area contributed by atoms with Gasteiger partial charge in [-0.15, -0.1) is 24.0 Å². The summed E-state index contributed by atoms with van der Waals surface area (Å²) >= 11 is 0. The quantitative estimate of drug-likeness (QED) is 0.152. The van der Waals surface area contributed by atoms with Crippen LogP contribution >= 0.6 is 24.0 Å². The number of methoxy groups -OCH3 is 1. The highest BCUT2D eigenvalue weighted by molar-refractivity contribution is 14.0. The van der Waals surface area contributed by atoms with E-state index < -0.39 is 0 Å². The highest BCUT2D eigenvalue weighted by atomic mass is 127. The van der Waals surface area contributed by atoms with E-state index in [1.165, 1.54) is 16.8 Å². The summed E-state index contributed by atoms with van der Waals surface area (Å²) in [4.78, 5) is 6.69. The Labute approximate surface area is 209 Å². The minimum Gasteiger partial charge on any atom is -0.493 e. The largest absolute Gasteiger partial charge is 0.493 e. The zero-order valence-electron chi connectivity index (χ0n) is 19.3. The molecular weight excluding hydrogens is 515 g/mol. The first-order valence-electron chi connectivity index (χ1n) is 10.8. The van der Waals surface area contributed by atoms with Gasteiger partial charge in [0, 0.05) is 64.6 Å². The number of guanidine groups is 1. The summed E-state index contributed by atoms with van der Waals surface area (Å²) in [6, 6.07) is 15.0. The number of anilines is 1. The second-order valence-electron chi connectivity index (χ2n) is 7.63. The molecule has 7 heteroatoms. The van der Waals surface area contributed by atoms with Crippen LogP contribution in [0.4, 0.5) is 5.69 Å². The van der Waals surface area contributed by atoms with Crippen LogP contribution in [0.25, 0.3) is 0 Å². The first-order chi connectivity index (χ1) is 15.2. The Bertz CT molecular complexity index is 876. The number of hydrogen-bond acceptors (Lipinski definition) is 4. The molecule has 0 spiro atoms. The first kappa shape index (κ1) is 26.0. The van der Waals surface area contributed by atoms with Gasteiger partial charge in [0.2, 0.25) is 0 Å². The molecule has 0 unspecified atom stereocenters. The monoisotopic (exact) mass is 550 g/mol. The summed E-state index contributed by atoms with van der Waals surface area (Å²) in [5.41, 5.74) is 4.76. The first-order valence-corrected chi connectivity index (χ1v) is 10.8. The molecule has 2 N–H and O–H groups in total. The van der Waals surface area contributed by atoms with Crippen molar-refractivity contribution in [2.75, 3.05) is 45.4 Å². The maximum absolute atomic E-state index is 5.98. The molecule has 0 atom stereocenters. The lowest BCUT2D eigenvalue weighted by molar-refractivity contribution is 0.171. The standard InChI is InChI=1S/C25H34N4O2.HI/c1-20-7-10-22(24(17-20)31-16-6-15-30-3)19-28-25(26-2)27-18-21-8-11-23(12-9-21)29-13-4-5-14-29;/h4-5,7-12,17H,6,13-16,18-19H2,1-3H3,(H2,26,27,28);1H. The Kier molecular flexibility index (Phi) is 11.4. The van der Waals surface area contributed by atoms with Crippen molar-refractivity contribution in [3.05, 3.63) is 71.3 Å². The van der Waals surface area contributed by atoms with E-state index in [0.29, 0.717) is 26.3 Å². The number of benzene rings is 2. The fraction of sp³-hybridized carbons (Fsp3) is 0.400. The van der Waals surface area contributed by atoms with Gasteiger partial charge in [-0.05, 0) is 36.2 Å². The topological polar surface area (TPSA) is 58.1 Å². The summed E-state index contributed by atoms with van der Waals surface area (Å²) in [5.74, 6) is 1.67. The molecule has 2 aromatic carbocycles. The van der Waals surface area contributed by atoms with Crippen LogP contribution in [-0.2, 0) is 17.8 Å². The molecule has 0 fully saturated rings. The van der Waals surface area contributed by atoms with Crippen molar-refractivity contribution in [1.29, 1.82) is 0 Å². The van der Waals surface area contributed by atoms with E-state index in [1.807, 2.05) is 0 Å². The van der Waals surface area contributed by atoms with Crippen LogP contribution in [-0.4, -0.2) is 46.4 Å². The normalized spacial score (nSPS) is 13.1. The van der Waals surface area contributed by atoms with Crippen LogP contribution < -0.4 is 20.3 Å². The van der Waals surface area contributed by atoms with Crippen molar-refractivity contribution in [3.8, 4) is 5.75 Å². The highest BCUT2D eigenvalue weighted by Gasteiger charge is 2.08. The lowest BCUT2D eigenvalue weighted by atomic mass is 10.1. The molecule has 1 aliphatic heterocycles. The molecule has 1 heterocycles. The van der Waals surface area contributed by atoms with Crippen LogP contribution in [0.2, 0.25) is 0 Å². The van der Waals surface area contributed by atoms with Gasteiger partial charge in [-0.25, -0.2) is 0 Å². The second kappa shape index (κ2) is 14.0. The summed E-state index contributed by atoms with van der Waals surface area (Å²) in [5, 5.41) is 6.78. The van der Waals surface area contributed by atoms with E-state index in [-0.39, 0.29) is 24.0 Å². The second-order valence-corrected chi connectivity index (χ2v) is 7.63. The van der Waals surface area contributed by atoms with Crippen LogP contribution in [0.5, 0.6) is 5.75 Å². The van der Waals surface area contributed by atoms with Crippen LogP contribution in [0.15, 0.2) is 59.6 Å². The van der Waals surface area contributed by atoms with Crippen molar-refractivity contribution in [2.24, 2.45) is 4.99 Å². The Morgan fingerprint density at radius 3 is 2.41 bits per heavy atom. The predicted octanol–water partition coefficient (Wildman–Crippen LogP) is 4.27. The molecule has 2 aromatic rings. The number of rotatable bonds is 10. The average molecular weight is 550 g/mol. The molecule has 174 valence electrons. The Hall–Kier alpha value is -2.26. The van der Waals surface area contributed by atoms with Crippen molar-refractivity contribution >= 4 is 35.6 Å². The molecule has 6 nitrogen and oxygen atoms in total. The van der Waals surface area contributed by atoms with Crippen LogP contribution in [0.3, 0.4) is 0 Å². The Morgan fingerprint density at radius 1 is 1.00 bits per heavy atom. The number of hydrogen-bond donors (Lipinski definition) is 2. The van der Waals surface area contributed by atoms with Gasteiger partial charge in [-0.1, -0.05) is 36.4 Å². The third-order valence-corrected chi connectivity index (χ3v) is 5.22. The number of halogens is 1. The molecular formula is C25H35IN4O2. The van der Waals surface area contributed by atoms with Gasteiger partial charge in [-0.3, -0.25) is 4.99 Å². The van der Waals surface area contributed by atoms with E-state index in [2.05, 4.69) is 82.1 Å². The van der Waals surface area contributed by atoms with Crippen molar-refractivity contribution < 1.29 is 9.47 Å². The number of aryl methyl sites for hydroxylation is 1. The van der Waals surface area contributed by atoms with Gasteiger partial charge in [0.05, 0.1) is 6.61 Å². The highest BCUT2D eigenvalue weighted by Crippen LogP contribution is 2.21. The van der Waals surface area contributed by atoms with Gasteiger partial charge in [-0.2, -0.15) is 0 Å². The lowest BCUT2D eigenvalue weighted by Gasteiger charge is -2.18. The molecule has 0 aliphatic carbocycles. The molecule has 3 rings (SSSR count). The molecule has 32 heavy (non-hydrogen) atoms. The number of ether oxygens (including phenoxy) is 2. The van der Waals surface area contributed by atoms with Crippen molar-refractivity contribution in [1.82, 2.24) is 10.6 Å². The molecule has 0 saturated heterocycles. The Morgan fingerprint density at radius 2 is 1.72 bits per heavy atom. The van der Waals surface area contributed by atoms with E-state index in [9.17, 15) is 0 Å². The van der Waals surface area contributed by atoms with E-state index >= 15 is 0 Å². The Balaban J connectivity index is 0.00000363. The maximum Gasteiger partial charge on any atom is 0.191 e. The van der Waals surface area contributed by atoms with Gasteiger partial charge >= 0.3 is 0 Å². The molecule has 0 aromatic heterocycles. The zero-order valence-corrected chi connectivity index (χ0v) is 21.6.